The van der Waals surface area contributed by atoms with Crippen molar-refractivity contribution in [2.24, 2.45) is 0 Å². The van der Waals surface area contributed by atoms with Gasteiger partial charge < -0.3 is 0 Å². The number of rotatable bonds is 3. The maximum atomic E-state index is 10.7. The topological polar surface area (TPSA) is 61.0 Å². The van der Waals surface area contributed by atoms with Gasteiger partial charge in [0.2, 0.25) is 0 Å². The molecule has 0 saturated heterocycles. The Morgan fingerprint density at radius 2 is 2.06 bits per heavy atom. The molecule has 16 heavy (non-hydrogen) atoms. The van der Waals surface area contributed by atoms with Crippen molar-refractivity contribution in [3.05, 3.63) is 58.9 Å². The molecule has 0 fully saturated rings. The summed E-state index contributed by atoms with van der Waals surface area (Å²) in [4.78, 5) is 10.3. The molecule has 0 saturated carbocycles. The second kappa shape index (κ2) is 3.98. The van der Waals surface area contributed by atoms with Crippen molar-refractivity contribution in [1.29, 1.82) is 0 Å². The molecule has 0 radical (unpaired) electrons. The molecule has 0 aliphatic rings. The van der Waals surface area contributed by atoms with E-state index in [-0.39, 0.29) is 11.4 Å². The second-order valence-corrected chi connectivity index (χ2v) is 3.14. The van der Waals surface area contributed by atoms with Crippen LogP contribution >= 0.6 is 0 Å². The van der Waals surface area contributed by atoms with E-state index < -0.39 is 4.92 Å². The predicted molar refractivity (Wildman–Crippen MR) is 60.3 cm³/mol. The van der Waals surface area contributed by atoms with E-state index in [2.05, 4.69) is 11.7 Å². The van der Waals surface area contributed by atoms with Crippen molar-refractivity contribution in [3.8, 4) is 5.69 Å². The molecule has 1 aromatic heterocycles. The monoisotopic (exact) mass is 215 g/mol. The van der Waals surface area contributed by atoms with Crippen molar-refractivity contribution in [1.82, 2.24) is 9.78 Å². The van der Waals surface area contributed by atoms with Crippen LogP contribution in [-0.2, 0) is 0 Å². The highest BCUT2D eigenvalue weighted by molar-refractivity contribution is 5.55. The normalized spacial score (nSPS) is 10.0. The van der Waals surface area contributed by atoms with E-state index in [0.29, 0.717) is 0 Å². The van der Waals surface area contributed by atoms with Crippen LogP contribution in [0.25, 0.3) is 11.8 Å². The molecule has 1 heterocycles. The van der Waals surface area contributed by atoms with E-state index in [1.165, 1.54) is 17.0 Å². The van der Waals surface area contributed by atoms with E-state index >= 15 is 0 Å². The van der Waals surface area contributed by atoms with Gasteiger partial charge in [-0.3, -0.25) is 10.1 Å². The van der Waals surface area contributed by atoms with Crippen LogP contribution < -0.4 is 0 Å². The smallest absolute Gasteiger partial charge is 0.258 e. The largest absolute Gasteiger partial charge is 0.314 e. The molecule has 1 aromatic carbocycles. The molecule has 5 nitrogen and oxygen atoms in total. The number of nitrogens with zero attached hydrogens (tertiary/aromatic N) is 3. The molecule has 0 aliphatic heterocycles. The Morgan fingerprint density at radius 3 is 2.56 bits per heavy atom. The van der Waals surface area contributed by atoms with Gasteiger partial charge in [0, 0.05) is 0 Å². The minimum absolute atomic E-state index is 0.0427. The molecule has 2 rings (SSSR count). The average Bonchev–Trinajstić information content (AvgIpc) is 2.74. The minimum atomic E-state index is -0.469. The Hall–Kier alpha value is -2.43. The van der Waals surface area contributed by atoms with E-state index in [1.54, 1.807) is 0 Å². The third kappa shape index (κ3) is 1.70. The summed E-state index contributed by atoms with van der Waals surface area (Å²) in [7, 11) is 0. The summed E-state index contributed by atoms with van der Waals surface area (Å²) in [6, 6.07) is 9.20. The number of nitro groups is 1. The van der Waals surface area contributed by atoms with Crippen molar-refractivity contribution >= 4 is 11.8 Å². The van der Waals surface area contributed by atoms with Crippen molar-refractivity contribution in [3.63, 3.8) is 0 Å². The van der Waals surface area contributed by atoms with Crippen molar-refractivity contribution in [2.45, 2.75) is 0 Å². The summed E-state index contributed by atoms with van der Waals surface area (Å²) in [5.41, 5.74) is 1.01. The van der Waals surface area contributed by atoms with Crippen LogP contribution in [0.1, 0.15) is 5.69 Å². The summed E-state index contributed by atoms with van der Waals surface area (Å²) in [5, 5.41) is 14.8. The molecular weight excluding hydrogens is 206 g/mol. The minimum Gasteiger partial charge on any atom is -0.258 e. The summed E-state index contributed by atoms with van der Waals surface area (Å²) in [5.74, 6) is 0. The lowest BCUT2D eigenvalue weighted by Crippen LogP contribution is -1.93. The standard InChI is InChI=1S/C11H9N3O2/c1-2-10-11(14(15)16)8-13(12-10)9-6-4-3-5-7-9/h2-8H,1H2. The maximum absolute atomic E-state index is 10.7. The Bertz CT molecular complexity index is 531. The zero-order chi connectivity index (χ0) is 11.5. The van der Waals surface area contributed by atoms with Crippen LogP contribution in [0.15, 0.2) is 43.1 Å². The quantitative estimate of drug-likeness (QED) is 0.583. The van der Waals surface area contributed by atoms with Gasteiger partial charge in [0.1, 0.15) is 6.20 Å². The number of aromatic nitrogens is 2. The SMILES string of the molecule is C=Cc1nn(-c2ccccc2)cc1[N+](=O)[O-]. The van der Waals surface area contributed by atoms with Gasteiger partial charge in [0.25, 0.3) is 0 Å². The highest BCUT2D eigenvalue weighted by atomic mass is 16.6. The first-order valence-electron chi connectivity index (χ1n) is 4.64. The highest BCUT2D eigenvalue weighted by Crippen LogP contribution is 2.20. The van der Waals surface area contributed by atoms with Crippen molar-refractivity contribution in [2.75, 3.05) is 0 Å². The van der Waals surface area contributed by atoms with E-state index in [0.717, 1.165) is 5.69 Å². The van der Waals surface area contributed by atoms with Crippen LogP contribution in [0.3, 0.4) is 0 Å². The fraction of sp³-hybridized carbons (Fsp3) is 0. The predicted octanol–water partition coefficient (Wildman–Crippen LogP) is 2.42. The summed E-state index contributed by atoms with van der Waals surface area (Å²) >= 11 is 0. The lowest BCUT2D eigenvalue weighted by Gasteiger charge is -1.97. The summed E-state index contributed by atoms with van der Waals surface area (Å²) < 4.78 is 1.47. The van der Waals surface area contributed by atoms with Crippen LogP contribution in [0.4, 0.5) is 5.69 Å². The molecule has 0 amide bonds. The number of hydrogen-bond donors (Lipinski definition) is 0. The average molecular weight is 215 g/mol. The first-order valence-corrected chi connectivity index (χ1v) is 4.64. The third-order valence-electron chi connectivity index (χ3n) is 2.13. The Morgan fingerprint density at radius 1 is 1.38 bits per heavy atom. The highest BCUT2D eigenvalue weighted by Gasteiger charge is 2.16. The Kier molecular flexibility index (Phi) is 2.51. The lowest BCUT2D eigenvalue weighted by molar-refractivity contribution is -0.385. The number of benzene rings is 1. The summed E-state index contributed by atoms with van der Waals surface area (Å²) in [6.07, 6.45) is 2.75. The van der Waals surface area contributed by atoms with Gasteiger partial charge in [-0.1, -0.05) is 24.8 Å². The van der Waals surface area contributed by atoms with Gasteiger partial charge in [-0.25, -0.2) is 4.68 Å². The molecule has 5 heteroatoms. The molecule has 0 bridgehead atoms. The Labute approximate surface area is 91.8 Å². The molecule has 0 unspecified atom stereocenters. The molecule has 80 valence electrons. The van der Waals surface area contributed by atoms with Crippen LogP contribution in [0.2, 0.25) is 0 Å². The van der Waals surface area contributed by atoms with Gasteiger partial charge in [-0.05, 0) is 18.2 Å². The van der Waals surface area contributed by atoms with Crippen LogP contribution in [0.5, 0.6) is 0 Å². The van der Waals surface area contributed by atoms with Gasteiger partial charge in [0.05, 0.1) is 10.6 Å². The first kappa shape index (κ1) is 10.1. The molecule has 2 aromatic rings. The molecule has 0 spiro atoms. The van der Waals surface area contributed by atoms with Crippen LogP contribution in [-0.4, -0.2) is 14.7 Å². The maximum Gasteiger partial charge on any atom is 0.314 e. The fourth-order valence-corrected chi connectivity index (χ4v) is 1.38. The van der Waals surface area contributed by atoms with E-state index in [1.807, 2.05) is 30.3 Å². The Balaban J connectivity index is 2.52. The van der Waals surface area contributed by atoms with Gasteiger partial charge in [-0.2, -0.15) is 5.10 Å². The zero-order valence-corrected chi connectivity index (χ0v) is 8.41. The number of hydrogen-bond acceptors (Lipinski definition) is 3. The van der Waals surface area contributed by atoms with Gasteiger partial charge >= 0.3 is 5.69 Å². The van der Waals surface area contributed by atoms with Crippen molar-refractivity contribution < 1.29 is 4.92 Å². The van der Waals surface area contributed by atoms with Gasteiger partial charge in [-0.15, -0.1) is 0 Å². The fourth-order valence-electron chi connectivity index (χ4n) is 1.38. The first-order chi connectivity index (χ1) is 7.72. The molecule has 0 N–H and O–H groups in total. The zero-order valence-electron chi connectivity index (χ0n) is 8.41. The number of para-hydroxylation sites is 1. The van der Waals surface area contributed by atoms with E-state index in [4.69, 9.17) is 0 Å². The molecule has 0 aliphatic carbocycles. The second-order valence-electron chi connectivity index (χ2n) is 3.14. The lowest BCUT2D eigenvalue weighted by atomic mass is 10.3. The van der Waals surface area contributed by atoms with E-state index in [9.17, 15) is 10.1 Å². The van der Waals surface area contributed by atoms with Crippen LogP contribution in [0, 0.1) is 10.1 Å². The molecule has 0 atom stereocenters. The molecular formula is C11H9N3O2. The summed E-state index contributed by atoms with van der Waals surface area (Å²) in [6.45, 7) is 3.50. The van der Waals surface area contributed by atoms with Gasteiger partial charge in [0.15, 0.2) is 5.69 Å². The third-order valence-corrected chi connectivity index (χ3v) is 2.13.